The topological polar surface area (TPSA) is 12.4 Å². The fourth-order valence-corrected chi connectivity index (χ4v) is 4.60. The highest BCUT2D eigenvalue weighted by Crippen LogP contribution is 2.41. The zero-order valence-electron chi connectivity index (χ0n) is 23.4. The van der Waals surface area contributed by atoms with Crippen molar-refractivity contribution in [2.45, 2.75) is 66.7 Å². The van der Waals surface area contributed by atoms with Crippen molar-refractivity contribution in [3.8, 4) is 0 Å². The largest absolute Gasteiger partial charge is 0.253 e. The van der Waals surface area contributed by atoms with Crippen molar-refractivity contribution in [2.75, 3.05) is 0 Å². The van der Waals surface area contributed by atoms with Gasteiger partial charge in [0.05, 0.1) is 5.70 Å². The third-order valence-electron chi connectivity index (χ3n) is 6.70. The molecule has 0 atom stereocenters. The molecule has 0 amide bonds. The third kappa shape index (κ3) is 10.3. The number of nitrogens with zero attached hydrogens (tertiary/aromatic N) is 1. The maximum atomic E-state index is 12.8. The number of halogens is 1. The summed E-state index contributed by atoms with van der Waals surface area (Å²) in [6.45, 7) is 17.8. The summed E-state index contributed by atoms with van der Waals surface area (Å²) < 4.78 is 12.8. The molecule has 2 aromatic carbocycles. The van der Waals surface area contributed by atoms with Gasteiger partial charge in [0.25, 0.3) is 0 Å². The van der Waals surface area contributed by atoms with Crippen molar-refractivity contribution in [3.05, 3.63) is 120 Å². The molecule has 2 aromatic rings. The molecule has 0 saturated heterocycles. The van der Waals surface area contributed by atoms with Gasteiger partial charge in [0.2, 0.25) is 0 Å². The number of hydrogen-bond donors (Lipinski definition) is 0. The van der Waals surface area contributed by atoms with Crippen molar-refractivity contribution < 1.29 is 4.39 Å². The fraction of sp³-hybridized carbons (Fsp3) is 0.343. The summed E-state index contributed by atoms with van der Waals surface area (Å²) >= 11 is 0. The summed E-state index contributed by atoms with van der Waals surface area (Å²) in [5.41, 5.74) is 7.46. The third-order valence-corrected chi connectivity index (χ3v) is 6.70. The summed E-state index contributed by atoms with van der Waals surface area (Å²) in [4.78, 5) is 4.99. The van der Waals surface area contributed by atoms with Crippen LogP contribution in [0.25, 0.3) is 11.3 Å². The van der Waals surface area contributed by atoms with E-state index < -0.39 is 0 Å². The maximum absolute atomic E-state index is 12.8. The van der Waals surface area contributed by atoms with Crippen LogP contribution in [0.15, 0.2) is 103 Å². The van der Waals surface area contributed by atoms with E-state index in [0.717, 1.165) is 41.7 Å². The number of benzene rings is 2. The second-order valence-corrected chi connectivity index (χ2v) is 10.2. The highest BCUT2D eigenvalue weighted by molar-refractivity contribution is 5.97. The Balaban J connectivity index is 0.000000402. The molecule has 0 N–H and O–H groups in total. The van der Waals surface area contributed by atoms with E-state index in [0.29, 0.717) is 5.56 Å². The van der Waals surface area contributed by atoms with E-state index in [1.165, 1.54) is 42.0 Å². The van der Waals surface area contributed by atoms with Crippen LogP contribution in [0.3, 0.4) is 0 Å². The van der Waals surface area contributed by atoms with E-state index >= 15 is 0 Å². The van der Waals surface area contributed by atoms with Gasteiger partial charge in [-0.15, -0.1) is 6.58 Å². The lowest BCUT2D eigenvalue weighted by molar-refractivity contribution is 0.182. The zero-order valence-corrected chi connectivity index (χ0v) is 23.4. The lowest BCUT2D eigenvalue weighted by Crippen LogP contribution is -2.23. The molecule has 1 nitrogen and oxygen atoms in total. The number of allylic oxidation sites excluding steroid dienone is 7. The minimum atomic E-state index is -0.199. The van der Waals surface area contributed by atoms with Gasteiger partial charge in [-0.25, -0.2) is 4.39 Å². The van der Waals surface area contributed by atoms with Gasteiger partial charge in [-0.05, 0) is 102 Å². The second kappa shape index (κ2) is 15.8. The Kier molecular flexibility index (Phi) is 12.8. The molecule has 0 unspecified atom stereocenters. The van der Waals surface area contributed by atoms with Crippen molar-refractivity contribution in [1.29, 1.82) is 0 Å². The van der Waals surface area contributed by atoms with Crippen LogP contribution in [0, 0.1) is 24.6 Å². The van der Waals surface area contributed by atoms with E-state index in [2.05, 4.69) is 70.3 Å². The fourth-order valence-electron chi connectivity index (χ4n) is 4.60. The molecule has 0 heterocycles. The number of rotatable bonds is 10. The van der Waals surface area contributed by atoms with Crippen LogP contribution < -0.4 is 0 Å². The van der Waals surface area contributed by atoms with Gasteiger partial charge in [0.1, 0.15) is 5.82 Å². The molecule has 0 radical (unpaired) electrons. The first kappa shape index (κ1) is 30.0. The predicted octanol–water partition coefficient (Wildman–Crippen LogP) is 10.6. The van der Waals surface area contributed by atoms with Crippen LogP contribution in [0.5, 0.6) is 0 Å². The first-order valence-electron chi connectivity index (χ1n) is 13.4. The quantitative estimate of drug-likeness (QED) is 0.176. The SMILES string of the molecule is C=C(C)c1ccccc1F.C=CCCC1CC(C/C(C)=C(/N=C(C)/C=C\C=C/C)c2ccc(C)cc2)C1. The molecule has 1 fully saturated rings. The van der Waals surface area contributed by atoms with Crippen LogP contribution >= 0.6 is 0 Å². The Morgan fingerprint density at radius 2 is 1.68 bits per heavy atom. The van der Waals surface area contributed by atoms with Crippen LogP contribution in [-0.2, 0) is 0 Å². The highest BCUT2D eigenvalue weighted by Gasteiger charge is 2.28. The van der Waals surface area contributed by atoms with Crippen molar-refractivity contribution in [2.24, 2.45) is 16.8 Å². The molecule has 1 aliphatic rings. The Bertz CT molecular complexity index is 1140. The van der Waals surface area contributed by atoms with Gasteiger partial charge < -0.3 is 0 Å². The number of aliphatic imine (C=N–C) groups is 1. The van der Waals surface area contributed by atoms with Gasteiger partial charge >= 0.3 is 0 Å². The number of aryl methyl sites for hydroxylation is 1. The van der Waals surface area contributed by atoms with E-state index in [-0.39, 0.29) is 5.82 Å². The first-order valence-corrected chi connectivity index (χ1v) is 13.4. The van der Waals surface area contributed by atoms with Crippen LogP contribution in [0.4, 0.5) is 4.39 Å². The molecule has 1 aliphatic carbocycles. The second-order valence-electron chi connectivity index (χ2n) is 10.2. The van der Waals surface area contributed by atoms with Gasteiger partial charge in [0, 0.05) is 16.8 Å². The molecule has 196 valence electrons. The Hall–Kier alpha value is -3.26. The molecule has 0 bridgehead atoms. The molecule has 0 spiro atoms. The van der Waals surface area contributed by atoms with Gasteiger partial charge in [0.15, 0.2) is 0 Å². The monoisotopic (exact) mass is 497 g/mol. The van der Waals surface area contributed by atoms with Gasteiger partial charge in [-0.3, -0.25) is 4.99 Å². The van der Waals surface area contributed by atoms with Crippen LogP contribution in [0.1, 0.15) is 76.5 Å². The molecular formula is C35H44FN. The minimum absolute atomic E-state index is 0.199. The summed E-state index contributed by atoms with van der Waals surface area (Å²) in [6, 6.07) is 15.4. The lowest BCUT2D eigenvalue weighted by atomic mass is 9.70. The van der Waals surface area contributed by atoms with Gasteiger partial charge in [-0.1, -0.05) is 78.9 Å². The van der Waals surface area contributed by atoms with Crippen molar-refractivity contribution in [1.82, 2.24) is 0 Å². The average molecular weight is 498 g/mol. The van der Waals surface area contributed by atoms with E-state index in [1.54, 1.807) is 25.1 Å². The standard InChI is InChI=1S/C26H35N.C9H9F/c1-6-8-10-11-22(5)27-26(25-15-13-20(3)14-16-25)21(4)17-24-18-23(19-24)12-9-7-2;1-7(2)8-5-3-4-6-9(8)10/h6-8,10-11,13-16,23-24H,2,9,12,17-19H2,1,3-5H3;3-6H,1H2,2H3/b8-6-,11-10-,26-21+,27-22+;. The average Bonchev–Trinajstić information content (AvgIpc) is 2.85. The van der Waals surface area contributed by atoms with Crippen molar-refractivity contribution in [3.63, 3.8) is 0 Å². The lowest BCUT2D eigenvalue weighted by Gasteiger charge is -2.36. The Morgan fingerprint density at radius 1 is 1.00 bits per heavy atom. The molecule has 3 rings (SSSR count). The molecule has 2 heteroatoms. The predicted molar refractivity (Wildman–Crippen MR) is 162 cm³/mol. The van der Waals surface area contributed by atoms with E-state index in [9.17, 15) is 4.39 Å². The molecule has 37 heavy (non-hydrogen) atoms. The smallest absolute Gasteiger partial charge is 0.130 e. The van der Waals surface area contributed by atoms with Gasteiger partial charge in [-0.2, -0.15) is 0 Å². The molecular weight excluding hydrogens is 453 g/mol. The van der Waals surface area contributed by atoms with Crippen molar-refractivity contribution >= 4 is 17.0 Å². The Morgan fingerprint density at radius 3 is 2.24 bits per heavy atom. The minimum Gasteiger partial charge on any atom is -0.253 e. The first-order chi connectivity index (χ1) is 17.7. The van der Waals surface area contributed by atoms with Crippen LogP contribution in [0.2, 0.25) is 0 Å². The summed E-state index contributed by atoms with van der Waals surface area (Å²) in [5.74, 6) is 1.52. The van der Waals surface area contributed by atoms with E-state index in [4.69, 9.17) is 4.99 Å². The maximum Gasteiger partial charge on any atom is 0.130 e. The molecule has 0 aromatic heterocycles. The summed E-state index contributed by atoms with van der Waals surface area (Å²) in [7, 11) is 0. The summed E-state index contributed by atoms with van der Waals surface area (Å²) in [5, 5.41) is 0. The van der Waals surface area contributed by atoms with E-state index in [1.807, 2.05) is 25.2 Å². The highest BCUT2D eigenvalue weighted by atomic mass is 19.1. The van der Waals surface area contributed by atoms with Crippen LogP contribution in [-0.4, -0.2) is 5.71 Å². The summed E-state index contributed by atoms with van der Waals surface area (Å²) in [6.07, 6.45) is 16.6. The molecule has 0 aliphatic heterocycles. The number of hydrogen-bond acceptors (Lipinski definition) is 1. The molecule has 1 saturated carbocycles. The Labute approximate surface area is 224 Å². The normalized spacial score (nSPS) is 18.2. The zero-order chi connectivity index (χ0) is 27.2.